The van der Waals surface area contributed by atoms with Gasteiger partial charge in [0, 0.05) is 54.6 Å². The number of hydrogen-bond donors (Lipinski definition) is 1. The van der Waals surface area contributed by atoms with Crippen LogP contribution in [0.5, 0.6) is 5.75 Å². The summed E-state index contributed by atoms with van der Waals surface area (Å²) in [6, 6.07) is 5.65. The van der Waals surface area contributed by atoms with Crippen LogP contribution in [0.3, 0.4) is 0 Å². The van der Waals surface area contributed by atoms with Gasteiger partial charge in [0.25, 0.3) is 11.8 Å². The Hall–Kier alpha value is -3.85. The van der Waals surface area contributed by atoms with E-state index in [2.05, 4.69) is 4.98 Å². The van der Waals surface area contributed by atoms with Gasteiger partial charge in [0.05, 0.1) is 11.6 Å². The Morgan fingerprint density at radius 2 is 1.82 bits per heavy atom. The number of carbonyl (C=O) groups excluding carboxylic acids is 2. The van der Waals surface area contributed by atoms with Crippen LogP contribution in [0.4, 0.5) is 26.3 Å². The highest BCUT2D eigenvalue weighted by Crippen LogP contribution is 2.44. The van der Waals surface area contributed by atoms with Crippen molar-refractivity contribution in [2.45, 2.75) is 88.5 Å². The second-order valence-electron chi connectivity index (χ2n) is 12.1. The molecule has 0 spiro atoms. The summed E-state index contributed by atoms with van der Waals surface area (Å²) >= 11 is 6.57. The molecular weight excluding hydrogens is 700 g/mol. The van der Waals surface area contributed by atoms with Gasteiger partial charge in [-0.2, -0.15) is 26.3 Å². The number of hydrogen-bond acceptors (Lipinski definition) is 6. The number of carboxylic acids is 1. The zero-order chi connectivity index (χ0) is 35.7. The molecule has 0 bridgehead atoms. The molecule has 0 saturated carbocycles. The molecule has 2 aliphatic heterocycles. The van der Waals surface area contributed by atoms with Crippen LogP contribution in [0.25, 0.3) is 0 Å². The molecule has 1 N–H and O–H groups in total. The van der Waals surface area contributed by atoms with E-state index >= 15 is 4.79 Å². The third-order valence-electron chi connectivity index (χ3n) is 8.87. The summed E-state index contributed by atoms with van der Waals surface area (Å²) < 4.78 is 89.3. The van der Waals surface area contributed by atoms with Crippen molar-refractivity contribution in [2.75, 3.05) is 6.54 Å². The lowest BCUT2D eigenvalue weighted by Gasteiger charge is -2.51. The third kappa shape index (κ3) is 7.67. The molecule has 264 valence electrons. The van der Waals surface area contributed by atoms with Gasteiger partial charge in [-0.15, -0.1) is 11.3 Å². The predicted octanol–water partition coefficient (Wildman–Crippen LogP) is 7.87. The molecule has 2 aromatic heterocycles. The van der Waals surface area contributed by atoms with E-state index in [0.29, 0.717) is 28.3 Å². The van der Waals surface area contributed by atoms with Crippen LogP contribution in [0.1, 0.15) is 77.5 Å². The fourth-order valence-electron chi connectivity index (χ4n) is 6.72. The average molecular weight is 732 g/mol. The number of rotatable bonds is 9. The van der Waals surface area contributed by atoms with E-state index in [9.17, 15) is 41.0 Å². The minimum Gasteiger partial charge on any atom is -0.481 e. The van der Waals surface area contributed by atoms with Crippen molar-refractivity contribution in [3.05, 3.63) is 80.3 Å². The SMILES string of the molecule is CCC[C@H]1N(C(=O)c2ncccc2C(F)(F)F)CCC[C@@]1(Oc1csc(C(F)(F)F)c1)C(=O)N1Cc2ccc(Cl)cc2C[C@@H]1CCC(=O)O. The number of thiophene rings is 1. The lowest BCUT2D eigenvalue weighted by Crippen LogP contribution is -2.69. The van der Waals surface area contributed by atoms with Crippen LogP contribution in [-0.4, -0.2) is 61.9 Å². The summed E-state index contributed by atoms with van der Waals surface area (Å²) in [7, 11) is 0. The first-order chi connectivity index (χ1) is 23.0. The van der Waals surface area contributed by atoms with E-state index in [-0.39, 0.29) is 57.4 Å². The fraction of sp³-hybridized carbons (Fsp3) is 0.455. The van der Waals surface area contributed by atoms with Crippen molar-refractivity contribution in [3.63, 3.8) is 0 Å². The number of nitrogens with zero attached hydrogens (tertiary/aromatic N) is 3. The highest BCUT2D eigenvalue weighted by atomic mass is 35.5. The highest BCUT2D eigenvalue weighted by Gasteiger charge is 2.57. The van der Waals surface area contributed by atoms with Crippen LogP contribution in [0, 0.1) is 0 Å². The van der Waals surface area contributed by atoms with Crippen LogP contribution < -0.4 is 4.74 Å². The van der Waals surface area contributed by atoms with Crippen LogP contribution in [0.15, 0.2) is 48.0 Å². The minimum absolute atomic E-state index is 0.0176. The molecule has 49 heavy (non-hydrogen) atoms. The van der Waals surface area contributed by atoms with Crippen molar-refractivity contribution in [1.82, 2.24) is 14.8 Å². The van der Waals surface area contributed by atoms with Crippen molar-refractivity contribution in [1.29, 1.82) is 0 Å². The second-order valence-corrected chi connectivity index (χ2v) is 13.4. The molecule has 1 saturated heterocycles. The molecule has 0 aliphatic carbocycles. The number of benzene rings is 1. The van der Waals surface area contributed by atoms with Gasteiger partial charge in [-0.1, -0.05) is 31.0 Å². The molecule has 5 rings (SSSR count). The molecule has 0 unspecified atom stereocenters. The Balaban J connectivity index is 1.64. The van der Waals surface area contributed by atoms with Gasteiger partial charge in [0.2, 0.25) is 5.60 Å². The van der Waals surface area contributed by atoms with Gasteiger partial charge >= 0.3 is 18.3 Å². The van der Waals surface area contributed by atoms with Crippen molar-refractivity contribution in [2.24, 2.45) is 0 Å². The summed E-state index contributed by atoms with van der Waals surface area (Å²) in [6.07, 6.45) is -8.33. The number of pyridine rings is 1. The molecule has 4 heterocycles. The van der Waals surface area contributed by atoms with E-state index in [1.807, 2.05) is 0 Å². The summed E-state index contributed by atoms with van der Waals surface area (Å²) in [4.78, 5) is 46.1. The normalized spacial score (nSPS) is 21.3. The standard InChI is InChI=1S/C33H32ClF6N3O5S/c1-2-5-25-31(48-23-16-26(49-18-23)33(38,39)40,11-4-13-42(25)29(46)28-24(32(35,36)37)6-3-12-41-28)30(47)43-17-19-7-8-21(34)14-20(19)15-22(43)9-10-27(44)45/h3,6-8,12,14,16,18,22,25H,2,4-5,9-11,13,15,17H2,1H3,(H,44,45)/t22-,25+,31-/m0/s1. The van der Waals surface area contributed by atoms with Gasteiger partial charge in [0.1, 0.15) is 16.3 Å². The van der Waals surface area contributed by atoms with Crippen molar-refractivity contribution >= 4 is 40.7 Å². The maximum atomic E-state index is 15.1. The fourth-order valence-corrected chi connectivity index (χ4v) is 7.59. The number of aromatic nitrogens is 1. The molecular formula is C33H32ClF6N3O5S. The maximum absolute atomic E-state index is 15.1. The third-order valence-corrected chi connectivity index (χ3v) is 10.1. The second kappa shape index (κ2) is 14.2. The Labute approximate surface area is 286 Å². The molecule has 3 atom stereocenters. The van der Waals surface area contributed by atoms with Crippen LogP contribution in [-0.2, 0) is 34.9 Å². The molecule has 8 nitrogen and oxygen atoms in total. The summed E-state index contributed by atoms with van der Waals surface area (Å²) in [5.74, 6) is -3.21. The number of carbonyl (C=O) groups is 3. The van der Waals surface area contributed by atoms with Gasteiger partial charge in [-0.25, -0.2) is 0 Å². The Morgan fingerprint density at radius 3 is 2.47 bits per heavy atom. The van der Waals surface area contributed by atoms with Gasteiger partial charge in [-0.05, 0) is 61.1 Å². The summed E-state index contributed by atoms with van der Waals surface area (Å²) in [5.41, 5.74) is -2.71. The van der Waals surface area contributed by atoms with Crippen molar-refractivity contribution in [3.8, 4) is 5.75 Å². The number of aliphatic carboxylic acids is 1. The number of likely N-dealkylation sites (tertiary alicyclic amines) is 1. The molecule has 16 heteroatoms. The molecule has 2 amide bonds. The monoisotopic (exact) mass is 731 g/mol. The number of fused-ring (bicyclic) bond motifs is 1. The number of halogens is 7. The number of carboxylic acid groups (broad SMARTS) is 1. The number of ether oxygens (including phenoxy) is 1. The zero-order valence-electron chi connectivity index (χ0n) is 26.1. The van der Waals surface area contributed by atoms with E-state index in [1.165, 1.54) is 4.90 Å². The lowest BCUT2D eigenvalue weighted by atomic mass is 9.78. The predicted molar refractivity (Wildman–Crippen MR) is 167 cm³/mol. The molecule has 1 aromatic carbocycles. The zero-order valence-corrected chi connectivity index (χ0v) is 27.7. The minimum atomic E-state index is -4.93. The molecule has 1 fully saturated rings. The number of piperidine rings is 1. The van der Waals surface area contributed by atoms with Crippen LogP contribution >= 0.6 is 22.9 Å². The van der Waals surface area contributed by atoms with Gasteiger partial charge in [0.15, 0.2) is 0 Å². The van der Waals surface area contributed by atoms with E-state index in [4.69, 9.17) is 16.3 Å². The first kappa shape index (κ1) is 36.4. The molecule has 2 aliphatic rings. The van der Waals surface area contributed by atoms with E-state index in [0.717, 1.165) is 40.2 Å². The topological polar surface area (TPSA) is 100 Å². The summed E-state index contributed by atoms with van der Waals surface area (Å²) in [5, 5.41) is 11.0. The molecule has 0 radical (unpaired) electrons. The highest BCUT2D eigenvalue weighted by molar-refractivity contribution is 7.10. The van der Waals surface area contributed by atoms with Gasteiger partial charge in [-0.3, -0.25) is 19.4 Å². The Bertz CT molecular complexity index is 1720. The van der Waals surface area contributed by atoms with E-state index in [1.54, 1.807) is 25.1 Å². The van der Waals surface area contributed by atoms with E-state index < -0.39 is 64.0 Å². The number of alkyl halides is 6. The lowest BCUT2D eigenvalue weighted by molar-refractivity contribution is -0.163. The van der Waals surface area contributed by atoms with Crippen LogP contribution in [0.2, 0.25) is 5.02 Å². The first-order valence-corrected chi connectivity index (χ1v) is 16.8. The maximum Gasteiger partial charge on any atom is 0.425 e. The average Bonchev–Trinajstić information content (AvgIpc) is 3.52. The quantitative estimate of drug-likeness (QED) is 0.225. The van der Waals surface area contributed by atoms with Crippen molar-refractivity contribution < 1.29 is 50.6 Å². The molecule has 3 aromatic rings. The summed E-state index contributed by atoms with van der Waals surface area (Å²) in [6.45, 7) is 1.64. The largest absolute Gasteiger partial charge is 0.481 e. The number of amides is 2. The first-order valence-electron chi connectivity index (χ1n) is 15.5. The Morgan fingerprint density at radius 1 is 1.06 bits per heavy atom. The smallest absolute Gasteiger partial charge is 0.425 e. The van der Waals surface area contributed by atoms with Gasteiger partial charge < -0.3 is 19.6 Å². The Kier molecular flexibility index (Phi) is 10.5.